The normalized spacial score (nSPS) is 17.1. The molecule has 1 aliphatic heterocycles. The summed E-state index contributed by atoms with van der Waals surface area (Å²) in [6, 6.07) is 0. The Morgan fingerprint density at radius 1 is 1.27 bits per heavy atom. The van der Waals surface area contributed by atoms with E-state index in [0.717, 1.165) is 69.1 Å². The molecule has 1 atom stereocenters. The molecule has 1 unspecified atom stereocenters. The molecule has 8 heteroatoms. The number of guanidine groups is 1. The second-order valence-electron chi connectivity index (χ2n) is 8.38. The molecule has 0 aromatic carbocycles. The van der Waals surface area contributed by atoms with E-state index in [4.69, 9.17) is 9.15 Å². The Labute approximate surface area is 199 Å². The highest BCUT2D eigenvalue weighted by Crippen LogP contribution is 2.19. The number of likely N-dealkylation sites (tertiary alicyclic amines) is 1. The number of nitrogens with one attached hydrogen (secondary N) is 2. The van der Waals surface area contributed by atoms with Crippen LogP contribution < -0.4 is 10.6 Å². The van der Waals surface area contributed by atoms with Crippen molar-refractivity contribution in [2.75, 3.05) is 39.8 Å². The molecule has 0 radical (unpaired) electrons. The van der Waals surface area contributed by atoms with Crippen LogP contribution in [0.1, 0.15) is 57.4 Å². The number of oxazole rings is 1. The molecule has 1 aliphatic rings. The van der Waals surface area contributed by atoms with Gasteiger partial charge < -0.3 is 19.8 Å². The van der Waals surface area contributed by atoms with E-state index in [9.17, 15) is 0 Å². The highest BCUT2D eigenvalue weighted by Gasteiger charge is 2.21. The molecule has 1 saturated heterocycles. The van der Waals surface area contributed by atoms with Crippen LogP contribution in [0.15, 0.2) is 9.41 Å². The van der Waals surface area contributed by atoms with Gasteiger partial charge in [0, 0.05) is 26.7 Å². The smallest absolute Gasteiger partial charge is 0.208 e. The summed E-state index contributed by atoms with van der Waals surface area (Å²) in [4.78, 5) is 11.3. The molecule has 1 fully saturated rings. The molecule has 0 bridgehead atoms. The Morgan fingerprint density at radius 2 is 1.97 bits per heavy atom. The Morgan fingerprint density at radius 3 is 2.50 bits per heavy atom. The van der Waals surface area contributed by atoms with Crippen molar-refractivity contribution in [1.29, 1.82) is 0 Å². The largest absolute Gasteiger partial charge is 0.444 e. The summed E-state index contributed by atoms with van der Waals surface area (Å²) in [6.07, 6.45) is 3.65. The number of piperidine rings is 1. The predicted octanol–water partition coefficient (Wildman–Crippen LogP) is 3.74. The quantitative estimate of drug-likeness (QED) is 0.270. The van der Waals surface area contributed by atoms with Crippen molar-refractivity contribution in [2.24, 2.45) is 16.8 Å². The van der Waals surface area contributed by atoms with E-state index in [1.165, 1.54) is 12.8 Å². The van der Waals surface area contributed by atoms with Gasteiger partial charge in [-0.3, -0.25) is 9.89 Å². The predicted molar refractivity (Wildman–Crippen MR) is 134 cm³/mol. The summed E-state index contributed by atoms with van der Waals surface area (Å²) in [5.74, 6) is 3.86. The zero-order valence-corrected chi connectivity index (χ0v) is 22.0. The zero-order valence-electron chi connectivity index (χ0n) is 19.7. The molecule has 0 amide bonds. The van der Waals surface area contributed by atoms with Gasteiger partial charge >= 0.3 is 0 Å². The number of aliphatic imine (C=N–C) groups is 1. The molecule has 7 nitrogen and oxygen atoms in total. The van der Waals surface area contributed by atoms with Crippen LogP contribution >= 0.6 is 24.0 Å². The lowest BCUT2D eigenvalue weighted by molar-refractivity contribution is 0.0258. The Hall–Kier alpha value is -0.870. The zero-order chi connectivity index (χ0) is 21.2. The highest BCUT2D eigenvalue weighted by molar-refractivity contribution is 14.0. The van der Waals surface area contributed by atoms with Crippen LogP contribution in [0.3, 0.4) is 0 Å². The first-order valence-corrected chi connectivity index (χ1v) is 11.1. The van der Waals surface area contributed by atoms with Crippen molar-refractivity contribution < 1.29 is 9.15 Å². The van der Waals surface area contributed by atoms with Gasteiger partial charge in [0.2, 0.25) is 5.89 Å². The van der Waals surface area contributed by atoms with Crippen LogP contribution in [-0.2, 0) is 11.3 Å². The van der Waals surface area contributed by atoms with Crippen LogP contribution in [0.25, 0.3) is 0 Å². The maximum Gasteiger partial charge on any atom is 0.208 e. The van der Waals surface area contributed by atoms with Crippen molar-refractivity contribution in [3.63, 3.8) is 0 Å². The number of hydrogen-bond donors (Lipinski definition) is 2. The molecule has 30 heavy (non-hydrogen) atoms. The summed E-state index contributed by atoms with van der Waals surface area (Å²) in [5.41, 5.74) is 0.999. The van der Waals surface area contributed by atoms with Gasteiger partial charge in [0.15, 0.2) is 5.96 Å². The molecule has 1 aromatic rings. The summed E-state index contributed by atoms with van der Waals surface area (Å²) >= 11 is 0. The van der Waals surface area contributed by atoms with Gasteiger partial charge in [0.25, 0.3) is 0 Å². The fraction of sp³-hybridized carbons (Fsp3) is 0.818. The first-order chi connectivity index (χ1) is 13.9. The van der Waals surface area contributed by atoms with Crippen molar-refractivity contribution in [3.05, 3.63) is 17.3 Å². The summed E-state index contributed by atoms with van der Waals surface area (Å²) in [7, 11) is 1.83. The molecular formula is C22H42IN5O2. The maximum absolute atomic E-state index is 5.82. The Bertz CT molecular complexity index is 608. The molecule has 1 aromatic heterocycles. The fourth-order valence-corrected chi connectivity index (χ4v) is 3.76. The average Bonchev–Trinajstić information content (AvgIpc) is 3.01. The van der Waals surface area contributed by atoms with E-state index in [1.54, 1.807) is 0 Å². The minimum absolute atomic E-state index is 0. The molecule has 2 N–H and O–H groups in total. The Balaban J connectivity index is 0.00000450. The first kappa shape index (κ1) is 27.2. The third-order valence-electron chi connectivity index (χ3n) is 5.77. The highest BCUT2D eigenvalue weighted by atomic mass is 127. The number of hydrogen-bond acceptors (Lipinski definition) is 5. The van der Waals surface area contributed by atoms with Gasteiger partial charge in [0.05, 0.1) is 18.3 Å². The van der Waals surface area contributed by atoms with Gasteiger partial charge in [-0.05, 0) is 65.0 Å². The van der Waals surface area contributed by atoms with Gasteiger partial charge in [0.1, 0.15) is 5.76 Å². The maximum atomic E-state index is 5.82. The standard InChI is InChI=1S/C22H41N5O2.HI/c1-7-28-20(16(2)3)8-11-24-22(23-6)25-14-19-9-12-27(13-10-19)15-21-26-17(4)18(5)29-21;/h16,19-20H,7-15H2,1-6H3,(H2,23,24,25);1H. The average molecular weight is 536 g/mol. The molecule has 2 rings (SSSR count). The number of nitrogens with zero attached hydrogens (tertiary/aromatic N) is 3. The van der Waals surface area contributed by atoms with Gasteiger partial charge in [-0.2, -0.15) is 0 Å². The lowest BCUT2D eigenvalue weighted by Crippen LogP contribution is -2.43. The van der Waals surface area contributed by atoms with E-state index < -0.39 is 0 Å². The topological polar surface area (TPSA) is 74.9 Å². The van der Waals surface area contributed by atoms with Crippen LogP contribution in [0.5, 0.6) is 0 Å². The van der Waals surface area contributed by atoms with Crippen molar-refractivity contribution >= 4 is 29.9 Å². The number of ether oxygens (including phenoxy) is 1. The minimum atomic E-state index is 0. The lowest BCUT2D eigenvalue weighted by atomic mass is 9.97. The second-order valence-corrected chi connectivity index (χ2v) is 8.38. The third-order valence-corrected chi connectivity index (χ3v) is 5.77. The van der Waals surface area contributed by atoms with Crippen molar-refractivity contribution in [2.45, 2.75) is 66.5 Å². The number of aromatic nitrogens is 1. The summed E-state index contributed by atoms with van der Waals surface area (Å²) in [5, 5.41) is 6.93. The van der Waals surface area contributed by atoms with Crippen molar-refractivity contribution in [3.8, 4) is 0 Å². The summed E-state index contributed by atoms with van der Waals surface area (Å²) < 4.78 is 11.5. The van der Waals surface area contributed by atoms with E-state index in [-0.39, 0.29) is 24.0 Å². The third kappa shape index (κ3) is 9.09. The van der Waals surface area contributed by atoms with Crippen LogP contribution in [0, 0.1) is 25.7 Å². The van der Waals surface area contributed by atoms with E-state index >= 15 is 0 Å². The summed E-state index contributed by atoms with van der Waals surface area (Å²) in [6.45, 7) is 16.0. The second kappa shape index (κ2) is 14.2. The molecule has 0 aliphatic carbocycles. The number of halogens is 1. The first-order valence-electron chi connectivity index (χ1n) is 11.1. The molecule has 0 spiro atoms. The lowest BCUT2D eigenvalue weighted by Gasteiger charge is -2.31. The van der Waals surface area contributed by atoms with E-state index in [1.807, 2.05) is 20.9 Å². The van der Waals surface area contributed by atoms with Gasteiger partial charge in [-0.25, -0.2) is 4.98 Å². The van der Waals surface area contributed by atoms with Crippen LogP contribution in [-0.4, -0.2) is 61.8 Å². The molecular weight excluding hydrogens is 493 g/mol. The Kier molecular flexibility index (Phi) is 12.9. The van der Waals surface area contributed by atoms with Gasteiger partial charge in [-0.1, -0.05) is 13.8 Å². The number of aryl methyl sites for hydroxylation is 2. The SMILES string of the molecule is CCOC(CCNC(=NC)NCC1CCN(Cc2nc(C)c(C)o2)CC1)C(C)C.I. The van der Waals surface area contributed by atoms with Crippen LogP contribution in [0.4, 0.5) is 0 Å². The monoisotopic (exact) mass is 535 g/mol. The molecule has 174 valence electrons. The minimum Gasteiger partial charge on any atom is -0.444 e. The van der Waals surface area contributed by atoms with E-state index in [2.05, 4.69) is 46.3 Å². The molecule has 2 heterocycles. The van der Waals surface area contributed by atoms with Crippen LogP contribution in [0.2, 0.25) is 0 Å². The van der Waals surface area contributed by atoms with Gasteiger partial charge in [-0.15, -0.1) is 24.0 Å². The number of rotatable bonds is 10. The van der Waals surface area contributed by atoms with Crippen molar-refractivity contribution in [1.82, 2.24) is 20.5 Å². The molecule has 0 saturated carbocycles. The van der Waals surface area contributed by atoms with E-state index in [0.29, 0.717) is 17.9 Å². The fourth-order valence-electron chi connectivity index (χ4n) is 3.76.